The summed E-state index contributed by atoms with van der Waals surface area (Å²) in [6, 6.07) is 3.34. The first kappa shape index (κ1) is 11.1. The summed E-state index contributed by atoms with van der Waals surface area (Å²) in [7, 11) is 0. The molecule has 14 heavy (non-hydrogen) atoms. The smallest absolute Gasteiger partial charge is 0.387 e. The van der Waals surface area contributed by atoms with E-state index in [0.29, 0.717) is 10.0 Å². The molecule has 0 aliphatic carbocycles. The van der Waals surface area contributed by atoms with Gasteiger partial charge in [-0.2, -0.15) is 8.78 Å². The quantitative estimate of drug-likeness (QED) is 0.834. The summed E-state index contributed by atoms with van der Waals surface area (Å²) in [5.41, 5.74) is 1.08. The Hall–Kier alpha value is -0.970. The fraction of sp³-hybridized carbons (Fsp3) is 0.222. The van der Waals surface area contributed by atoms with Gasteiger partial charge in [0.15, 0.2) is 0 Å². The maximum Gasteiger partial charge on any atom is 0.387 e. The van der Waals surface area contributed by atoms with Gasteiger partial charge in [0.25, 0.3) is 0 Å². The Morgan fingerprint density at radius 2 is 2.14 bits per heavy atom. The average molecular weight is 264 g/mol. The zero-order valence-corrected chi connectivity index (χ0v) is 8.94. The SMILES string of the molecule is Cc1ccc(Br)c(OC(F)F)c1C=N. The number of ether oxygens (including phenoxy) is 1. The predicted octanol–water partition coefficient (Wildman–Crippen LogP) is 3.36. The third kappa shape index (κ3) is 2.29. The molecule has 1 rings (SSSR count). The highest BCUT2D eigenvalue weighted by Crippen LogP contribution is 2.31. The molecule has 76 valence electrons. The Morgan fingerprint density at radius 3 is 2.64 bits per heavy atom. The molecule has 1 N–H and O–H groups in total. The van der Waals surface area contributed by atoms with Crippen molar-refractivity contribution in [2.45, 2.75) is 13.5 Å². The molecule has 0 saturated heterocycles. The molecule has 1 aromatic rings. The van der Waals surface area contributed by atoms with Crippen LogP contribution in [-0.2, 0) is 0 Å². The minimum atomic E-state index is -2.88. The summed E-state index contributed by atoms with van der Waals surface area (Å²) in [6.45, 7) is -1.16. The second-order valence-corrected chi connectivity index (χ2v) is 3.48. The van der Waals surface area contributed by atoms with E-state index in [1.165, 1.54) is 0 Å². The molecule has 0 bridgehead atoms. The van der Waals surface area contributed by atoms with E-state index in [1.54, 1.807) is 19.1 Å². The minimum absolute atomic E-state index is 0.00926. The third-order valence-corrected chi connectivity index (χ3v) is 2.34. The van der Waals surface area contributed by atoms with Gasteiger partial charge in [0.1, 0.15) is 5.75 Å². The van der Waals surface area contributed by atoms with Gasteiger partial charge in [-0.1, -0.05) is 6.07 Å². The third-order valence-electron chi connectivity index (χ3n) is 1.72. The van der Waals surface area contributed by atoms with Crippen molar-refractivity contribution in [3.63, 3.8) is 0 Å². The zero-order chi connectivity index (χ0) is 10.7. The van der Waals surface area contributed by atoms with Crippen molar-refractivity contribution in [3.8, 4) is 5.75 Å². The first-order valence-electron chi connectivity index (χ1n) is 3.80. The largest absolute Gasteiger partial charge is 0.433 e. The van der Waals surface area contributed by atoms with Crippen LogP contribution in [0.2, 0.25) is 0 Å². The Morgan fingerprint density at radius 1 is 1.50 bits per heavy atom. The highest BCUT2D eigenvalue weighted by molar-refractivity contribution is 9.10. The standard InChI is InChI=1S/C9H8BrF2NO/c1-5-2-3-7(10)8(6(5)4-13)14-9(11)12/h2-4,9,13H,1H3. The molecule has 0 heterocycles. The van der Waals surface area contributed by atoms with Crippen LogP contribution in [-0.4, -0.2) is 12.8 Å². The van der Waals surface area contributed by atoms with Gasteiger partial charge in [-0.3, -0.25) is 0 Å². The van der Waals surface area contributed by atoms with Crippen molar-refractivity contribution < 1.29 is 13.5 Å². The number of hydrogen-bond acceptors (Lipinski definition) is 2. The van der Waals surface area contributed by atoms with E-state index in [4.69, 9.17) is 5.41 Å². The van der Waals surface area contributed by atoms with Crippen LogP contribution < -0.4 is 4.74 Å². The van der Waals surface area contributed by atoms with E-state index in [1.807, 2.05) is 0 Å². The van der Waals surface area contributed by atoms with Gasteiger partial charge in [-0.15, -0.1) is 0 Å². The molecule has 0 unspecified atom stereocenters. The number of benzene rings is 1. The normalized spacial score (nSPS) is 10.4. The van der Waals surface area contributed by atoms with Crippen LogP contribution in [0.5, 0.6) is 5.75 Å². The van der Waals surface area contributed by atoms with E-state index in [-0.39, 0.29) is 5.75 Å². The molecule has 5 heteroatoms. The summed E-state index contributed by atoms with van der Waals surface area (Å²) in [5, 5.41) is 7.10. The van der Waals surface area contributed by atoms with Gasteiger partial charge in [0.2, 0.25) is 0 Å². The first-order valence-corrected chi connectivity index (χ1v) is 4.60. The topological polar surface area (TPSA) is 33.1 Å². The second kappa shape index (κ2) is 4.50. The van der Waals surface area contributed by atoms with Crippen LogP contribution in [0.4, 0.5) is 8.78 Å². The van der Waals surface area contributed by atoms with Gasteiger partial charge in [-0.05, 0) is 34.5 Å². The molecule has 0 radical (unpaired) electrons. The molecular weight excluding hydrogens is 256 g/mol. The van der Waals surface area contributed by atoms with Crippen molar-refractivity contribution in [3.05, 3.63) is 27.7 Å². The molecular formula is C9H8BrF2NO. The molecule has 0 aliphatic rings. The van der Waals surface area contributed by atoms with Crippen molar-refractivity contribution >= 4 is 22.1 Å². The molecule has 1 aromatic carbocycles. The van der Waals surface area contributed by atoms with Crippen molar-refractivity contribution in [1.29, 1.82) is 5.41 Å². The van der Waals surface area contributed by atoms with Gasteiger partial charge < -0.3 is 10.1 Å². The lowest BCUT2D eigenvalue weighted by Crippen LogP contribution is -2.05. The number of rotatable bonds is 3. The number of alkyl halides is 2. The molecule has 0 aromatic heterocycles. The molecule has 0 saturated carbocycles. The summed E-state index contributed by atoms with van der Waals surface area (Å²) in [5.74, 6) is 0.00926. The lowest BCUT2D eigenvalue weighted by molar-refractivity contribution is -0.0504. The van der Waals surface area contributed by atoms with Crippen molar-refractivity contribution in [2.24, 2.45) is 0 Å². The van der Waals surface area contributed by atoms with Crippen LogP contribution in [0.1, 0.15) is 11.1 Å². The monoisotopic (exact) mass is 263 g/mol. The first-order chi connectivity index (χ1) is 6.56. The van der Waals surface area contributed by atoms with E-state index in [9.17, 15) is 8.78 Å². The van der Waals surface area contributed by atoms with Gasteiger partial charge >= 0.3 is 6.61 Å². The van der Waals surface area contributed by atoms with Crippen LogP contribution in [0, 0.1) is 12.3 Å². The Kier molecular flexibility index (Phi) is 3.57. The molecule has 0 fully saturated rings. The maximum atomic E-state index is 12.0. The van der Waals surface area contributed by atoms with Crippen LogP contribution in [0.25, 0.3) is 0 Å². The molecule has 0 amide bonds. The number of halogens is 3. The summed E-state index contributed by atoms with van der Waals surface area (Å²) < 4.78 is 28.8. The predicted molar refractivity (Wildman–Crippen MR) is 53.4 cm³/mol. The van der Waals surface area contributed by atoms with Gasteiger partial charge in [0.05, 0.1) is 4.47 Å². The average Bonchev–Trinajstić information content (AvgIpc) is 2.11. The Bertz CT molecular complexity index is 355. The van der Waals surface area contributed by atoms with Crippen LogP contribution >= 0.6 is 15.9 Å². The van der Waals surface area contributed by atoms with Crippen LogP contribution in [0.3, 0.4) is 0 Å². The fourth-order valence-electron chi connectivity index (χ4n) is 1.06. The number of nitrogens with one attached hydrogen (secondary N) is 1. The molecule has 0 atom stereocenters. The highest BCUT2D eigenvalue weighted by atomic mass is 79.9. The lowest BCUT2D eigenvalue weighted by atomic mass is 10.1. The fourth-order valence-corrected chi connectivity index (χ4v) is 1.50. The molecule has 2 nitrogen and oxygen atoms in total. The van der Waals surface area contributed by atoms with Gasteiger partial charge in [-0.25, -0.2) is 0 Å². The van der Waals surface area contributed by atoms with E-state index < -0.39 is 6.61 Å². The van der Waals surface area contributed by atoms with E-state index >= 15 is 0 Å². The number of aryl methyl sites for hydroxylation is 1. The lowest BCUT2D eigenvalue weighted by Gasteiger charge is -2.11. The summed E-state index contributed by atoms with van der Waals surface area (Å²) in [4.78, 5) is 0. The molecule has 0 spiro atoms. The van der Waals surface area contributed by atoms with E-state index in [2.05, 4.69) is 20.7 Å². The van der Waals surface area contributed by atoms with E-state index in [0.717, 1.165) is 11.8 Å². The minimum Gasteiger partial charge on any atom is -0.433 e. The van der Waals surface area contributed by atoms with Crippen molar-refractivity contribution in [1.82, 2.24) is 0 Å². The second-order valence-electron chi connectivity index (χ2n) is 2.63. The van der Waals surface area contributed by atoms with Crippen molar-refractivity contribution in [2.75, 3.05) is 0 Å². The highest BCUT2D eigenvalue weighted by Gasteiger charge is 2.13. The summed E-state index contributed by atoms with van der Waals surface area (Å²) in [6.07, 6.45) is 0.998. The number of hydrogen-bond donors (Lipinski definition) is 1. The Labute approximate surface area is 88.5 Å². The van der Waals surface area contributed by atoms with Gasteiger partial charge in [0, 0.05) is 11.8 Å². The van der Waals surface area contributed by atoms with Crippen LogP contribution in [0.15, 0.2) is 16.6 Å². The Balaban J connectivity index is 3.22. The zero-order valence-electron chi connectivity index (χ0n) is 7.35. The maximum absolute atomic E-state index is 12.0. The summed E-state index contributed by atoms with van der Waals surface area (Å²) >= 11 is 3.09. The molecule has 0 aliphatic heterocycles.